The molecule has 1 aliphatic rings. The van der Waals surface area contributed by atoms with Gasteiger partial charge in [-0.05, 0) is 46.7 Å². The summed E-state index contributed by atoms with van der Waals surface area (Å²) in [6.07, 6.45) is 0. The van der Waals surface area contributed by atoms with E-state index in [2.05, 4.69) is 47.7 Å². The van der Waals surface area contributed by atoms with Gasteiger partial charge in [0.05, 0.1) is 5.56 Å². The van der Waals surface area contributed by atoms with Gasteiger partial charge in [-0.1, -0.05) is 42.0 Å². The van der Waals surface area contributed by atoms with Crippen LogP contribution in [-0.2, 0) is 13.1 Å². The van der Waals surface area contributed by atoms with Gasteiger partial charge in [0.15, 0.2) is 0 Å². The van der Waals surface area contributed by atoms with Gasteiger partial charge in [0.1, 0.15) is 0 Å². The lowest BCUT2D eigenvalue weighted by atomic mass is 10.1. The lowest BCUT2D eigenvalue weighted by molar-refractivity contribution is 0.0766. The van der Waals surface area contributed by atoms with Crippen LogP contribution in [0, 0.1) is 10.5 Å². The van der Waals surface area contributed by atoms with Gasteiger partial charge in [0.2, 0.25) is 0 Å². The van der Waals surface area contributed by atoms with Gasteiger partial charge in [-0.2, -0.15) is 0 Å². The highest BCUT2D eigenvalue weighted by Crippen LogP contribution is 2.28. The number of hydrogen-bond acceptors (Lipinski definition) is 1. The van der Waals surface area contributed by atoms with Crippen molar-refractivity contribution in [1.29, 1.82) is 0 Å². The maximum Gasteiger partial charge on any atom is 0.255 e. The van der Waals surface area contributed by atoms with E-state index in [1.54, 1.807) is 0 Å². The number of amides is 1. The number of nitrogens with zero attached hydrogens (tertiary/aromatic N) is 1. The van der Waals surface area contributed by atoms with E-state index in [0.717, 1.165) is 21.2 Å². The summed E-state index contributed by atoms with van der Waals surface area (Å²) in [5, 5.41) is 0. The molecule has 2 aromatic carbocycles. The first-order valence-electron chi connectivity index (χ1n) is 6.27. The summed E-state index contributed by atoms with van der Waals surface area (Å²) in [7, 11) is 0. The second-order valence-electron chi connectivity index (χ2n) is 4.92. The summed E-state index contributed by atoms with van der Waals surface area (Å²) in [5.41, 5.74) is 4.45. The molecule has 1 amide bonds. The molecule has 0 saturated heterocycles. The van der Waals surface area contributed by atoms with Crippen molar-refractivity contribution in [2.45, 2.75) is 20.0 Å². The smallest absolute Gasteiger partial charge is 0.255 e. The molecule has 3 heteroatoms. The Kier molecular flexibility index (Phi) is 3.31. The van der Waals surface area contributed by atoms with Crippen molar-refractivity contribution >= 4 is 28.5 Å². The van der Waals surface area contributed by atoms with Gasteiger partial charge in [0, 0.05) is 16.7 Å². The van der Waals surface area contributed by atoms with E-state index in [1.807, 2.05) is 29.2 Å². The Morgan fingerprint density at radius 3 is 2.74 bits per heavy atom. The van der Waals surface area contributed by atoms with Crippen molar-refractivity contribution in [3.05, 3.63) is 68.3 Å². The van der Waals surface area contributed by atoms with Crippen LogP contribution in [0.2, 0.25) is 0 Å². The molecule has 0 aliphatic carbocycles. The summed E-state index contributed by atoms with van der Waals surface area (Å²) < 4.78 is 1.05. The van der Waals surface area contributed by atoms with Gasteiger partial charge in [0.25, 0.3) is 5.91 Å². The molecule has 2 aromatic rings. The van der Waals surface area contributed by atoms with Crippen LogP contribution in [0.25, 0.3) is 0 Å². The number of carbonyl (C=O) groups excluding carboxylic acids is 1. The van der Waals surface area contributed by atoms with Crippen molar-refractivity contribution in [2.75, 3.05) is 0 Å². The summed E-state index contributed by atoms with van der Waals surface area (Å²) in [5.74, 6) is 0.154. The molecule has 0 radical (unpaired) electrons. The average Bonchev–Trinajstić information content (AvgIpc) is 2.68. The fraction of sp³-hybridized carbons (Fsp3) is 0.188. The third-order valence-electron chi connectivity index (χ3n) is 3.42. The molecule has 0 bridgehead atoms. The molecule has 2 nitrogen and oxygen atoms in total. The minimum Gasteiger partial charge on any atom is -0.330 e. The zero-order valence-electron chi connectivity index (χ0n) is 10.7. The average molecular weight is 363 g/mol. The minimum absolute atomic E-state index is 0.154. The normalized spacial score (nSPS) is 13.8. The van der Waals surface area contributed by atoms with Crippen LogP contribution in [0.5, 0.6) is 0 Å². The Morgan fingerprint density at radius 1 is 1.21 bits per heavy atom. The number of rotatable bonds is 2. The van der Waals surface area contributed by atoms with Crippen LogP contribution in [0.4, 0.5) is 0 Å². The maximum atomic E-state index is 12.4. The largest absolute Gasteiger partial charge is 0.330 e. The Balaban J connectivity index is 1.87. The predicted octanol–water partition coefficient (Wildman–Crippen LogP) is 3.76. The zero-order chi connectivity index (χ0) is 13.4. The minimum atomic E-state index is 0.154. The van der Waals surface area contributed by atoms with Crippen LogP contribution < -0.4 is 0 Å². The standard InChI is InChI=1S/C16H14INO/c1-11-4-2-5-12(8-11)9-18-10-13-6-3-7-14(17)15(13)16(18)19/h2-8H,9-10H2,1H3. The van der Waals surface area contributed by atoms with E-state index in [0.29, 0.717) is 6.54 Å². The third-order valence-corrected chi connectivity index (χ3v) is 4.32. The Morgan fingerprint density at radius 2 is 2.00 bits per heavy atom. The van der Waals surface area contributed by atoms with Crippen LogP contribution >= 0.6 is 22.6 Å². The van der Waals surface area contributed by atoms with E-state index in [9.17, 15) is 4.79 Å². The van der Waals surface area contributed by atoms with Crippen LogP contribution in [-0.4, -0.2) is 10.8 Å². The fourth-order valence-corrected chi connectivity index (χ4v) is 3.32. The van der Waals surface area contributed by atoms with E-state index in [4.69, 9.17) is 0 Å². The lowest BCUT2D eigenvalue weighted by Gasteiger charge is -2.16. The van der Waals surface area contributed by atoms with Gasteiger partial charge in [-0.15, -0.1) is 0 Å². The van der Waals surface area contributed by atoms with E-state index in [1.165, 1.54) is 11.1 Å². The monoisotopic (exact) mass is 363 g/mol. The Bertz CT molecular complexity index is 651. The van der Waals surface area contributed by atoms with Gasteiger partial charge in [-0.3, -0.25) is 4.79 Å². The van der Waals surface area contributed by atoms with Crippen molar-refractivity contribution in [3.8, 4) is 0 Å². The summed E-state index contributed by atoms with van der Waals surface area (Å²) in [4.78, 5) is 14.3. The number of fused-ring (bicyclic) bond motifs is 1. The highest BCUT2D eigenvalue weighted by atomic mass is 127. The topological polar surface area (TPSA) is 20.3 Å². The number of halogens is 1. The second-order valence-corrected chi connectivity index (χ2v) is 6.09. The summed E-state index contributed by atoms with van der Waals surface area (Å²) >= 11 is 2.24. The van der Waals surface area contributed by atoms with Gasteiger partial charge in [-0.25, -0.2) is 0 Å². The molecule has 3 rings (SSSR count). The van der Waals surface area contributed by atoms with Crippen LogP contribution in [0.1, 0.15) is 27.0 Å². The summed E-state index contributed by atoms with van der Waals surface area (Å²) in [6, 6.07) is 14.4. The Hall–Kier alpha value is -1.36. The molecule has 0 atom stereocenters. The highest BCUT2D eigenvalue weighted by Gasteiger charge is 2.28. The molecule has 0 unspecified atom stereocenters. The Labute approximate surface area is 126 Å². The molecule has 1 heterocycles. The maximum absolute atomic E-state index is 12.4. The predicted molar refractivity (Wildman–Crippen MR) is 83.9 cm³/mol. The number of hydrogen-bond donors (Lipinski definition) is 0. The molecular weight excluding hydrogens is 349 g/mol. The quantitative estimate of drug-likeness (QED) is 0.745. The van der Waals surface area contributed by atoms with Gasteiger partial charge >= 0.3 is 0 Å². The number of carbonyl (C=O) groups is 1. The van der Waals surface area contributed by atoms with Crippen molar-refractivity contribution in [2.24, 2.45) is 0 Å². The first-order valence-corrected chi connectivity index (χ1v) is 7.35. The third kappa shape index (κ3) is 2.39. The SMILES string of the molecule is Cc1cccc(CN2Cc3cccc(I)c3C2=O)c1. The van der Waals surface area contributed by atoms with Crippen molar-refractivity contribution < 1.29 is 4.79 Å². The lowest BCUT2D eigenvalue weighted by Crippen LogP contribution is -2.23. The molecule has 0 spiro atoms. The fourth-order valence-electron chi connectivity index (χ4n) is 2.53. The molecular formula is C16H14INO. The van der Waals surface area contributed by atoms with Gasteiger partial charge < -0.3 is 4.90 Å². The molecule has 19 heavy (non-hydrogen) atoms. The zero-order valence-corrected chi connectivity index (χ0v) is 12.8. The molecule has 0 fully saturated rings. The molecule has 0 saturated carbocycles. The molecule has 96 valence electrons. The van der Waals surface area contributed by atoms with Crippen molar-refractivity contribution in [1.82, 2.24) is 4.90 Å². The highest BCUT2D eigenvalue weighted by molar-refractivity contribution is 14.1. The second kappa shape index (κ2) is 4.96. The van der Waals surface area contributed by atoms with E-state index < -0.39 is 0 Å². The van der Waals surface area contributed by atoms with E-state index >= 15 is 0 Å². The molecule has 1 aliphatic heterocycles. The molecule has 0 aromatic heterocycles. The first kappa shape index (κ1) is 12.7. The van der Waals surface area contributed by atoms with Crippen molar-refractivity contribution in [3.63, 3.8) is 0 Å². The molecule has 0 N–H and O–H groups in total. The van der Waals surface area contributed by atoms with Crippen LogP contribution in [0.15, 0.2) is 42.5 Å². The number of benzene rings is 2. The number of aryl methyl sites for hydroxylation is 1. The summed E-state index contributed by atoms with van der Waals surface area (Å²) in [6.45, 7) is 3.48. The van der Waals surface area contributed by atoms with Crippen LogP contribution in [0.3, 0.4) is 0 Å². The van der Waals surface area contributed by atoms with E-state index in [-0.39, 0.29) is 5.91 Å². The first-order chi connectivity index (χ1) is 9.15.